The second kappa shape index (κ2) is 5.87. The lowest BCUT2D eigenvalue weighted by atomic mass is 10.2. The van der Waals surface area contributed by atoms with Crippen LogP contribution in [0.15, 0.2) is 24.3 Å². The van der Waals surface area contributed by atoms with Crippen molar-refractivity contribution >= 4 is 34.6 Å². The molecule has 0 aliphatic carbocycles. The van der Waals surface area contributed by atoms with E-state index in [1.807, 2.05) is 24.3 Å². The summed E-state index contributed by atoms with van der Waals surface area (Å²) in [5.41, 5.74) is 0.916. The predicted octanol–water partition coefficient (Wildman–Crippen LogP) is 3.15. The summed E-state index contributed by atoms with van der Waals surface area (Å²) in [6.07, 6.45) is 0.403. The molecular formula is C13H17ClN2OS. The number of hydrogen-bond acceptors (Lipinski definition) is 2. The molecule has 1 saturated heterocycles. The maximum absolute atomic E-state index is 5.94. The van der Waals surface area contributed by atoms with Crippen LogP contribution in [0.3, 0.4) is 0 Å². The second-order valence-corrected chi connectivity index (χ2v) is 5.43. The van der Waals surface area contributed by atoms with Crippen molar-refractivity contribution in [2.75, 3.05) is 18.4 Å². The van der Waals surface area contributed by atoms with E-state index in [0.717, 1.165) is 23.9 Å². The normalized spacial score (nSPS) is 23.8. The van der Waals surface area contributed by atoms with Crippen LogP contribution in [-0.4, -0.2) is 35.3 Å². The van der Waals surface area contributed by atoms with Gasteiger partial charge in [-0.2, -0.15) is 0 Å². The highest BCUT2D eigenvalue weighted by molar-refractivity contribution is 7.80. The van der Waals surface area contributed by atoms with Crippen LogP contribution in [0.1, 0.15) is 13.8 Å². The molecular weight excluding hydrogens is 268 g/mol. The maximum Gasteiger partial charge on any atom is 0.173 e. The van der Waals surface area contributed by atoms with Gasteiger partial charge >= 0.3 is 0 Å². The molecule has 98 valence electrons. The Hall–Kier alpha value is -0.840. The van der Waals surface area contributed by atoms with Crippen molar-refractivity contribution < 1.29 is 4.74 Å². The molecule has 1 aromatic rings. The summed E-state index contributed by atoms with van der Waals surface area (Å²) >= 11 is 11.4. The number of benzene rings is 1. The Bertz CT molecular complexity index is 431. The molecule has 0 unspecified atom stereocenters. The zero-order valence-corrected chi connectivity index (χ0v) is 12.1. The van der Waals surface area contributed by atoms with Gasteiger partial charge in [0.1, 0.15) is 0 Å². The number of ether oxygens (including phenoxy) is 1. The molecule has 1 N–H and O–H groups in total. The third-order valence-electron chi connectivity index (χ3n) is 2.78. The van der Waals surface area contributed by atoms with Gasteiger partial charge in [0.15, 0.2) is 5.11 Å². The van der Waals surface area contributed by atoms with E-state index >= 15 is 0 Å². The standard InChI is InChI=1S/C13H17ClN2OS/c1-9-7-16(8-10(2)17-9)13(18)15-12-5-3-4-11(14)6-12/h3-6,9-10H,7-8H2,1-2H3,(H,15,18)/t9-,10-/m0/s1. The van der Waals surface area contributed by atoms with Crippen molar-refractivity contribution in [3.63, 3.8) is 0 Å². The van der Waals surface area contributed by atoms with Gasteiger partial charge in [-0.25, -0.2) is 0 Å². The average Bonchev–Trinajstić information content (AvgIpc) is 2.27. The van der Waals surface area contributed by atoms with Gasteiger partial charge in [0.2, 0.25) is 0 Å². The van der Waals surface area contributed by atoms with Crippen molar-refractivity contribution in [1.29, 1.82) is 0 Å². The number of anilines is 1. The van der Waals surface area contributed by atoms with E-state index in [1.54, 1.807) is 0 Å². The van der Waals surface area contributed by atoms with Crippen molar-refractivity contribution in [2.45, 2.75) is 26.1 Å². The Balaban J connectivity index is 1.99. The first-order chi connectivity index (χ1) is 8.54. The van der Waals surface area contributed by atoms with E-state index in [-0.39, 0.29) is 12.2 Å². The summed E-state index contributed by atoms with van der Waals surface area (Å²) in [5.74, 6) is 0. The van der Waals surface area contributed by atoms with Gasteiger partial charge in [-0.3, -0.25) is 0 Å². The van der Waals surface area contributed by atoms with Crippen LogP contribution in [0.25, 0.3) is 0 Å². The summed E-state index contributed by atoms with van der Waals surface area (Å²) in [6.45, 7) is 5.75. The Labute approximate surface area is 118 Å². The molecule has 1 heterocycles. The van der Waals surface area contributed by atoms with E-state index in [1.165, 1.54) is 0 Å². The van der Waals surface area contributed by atoms with Crippen molar-refractivity contribution in [2.24, 2.45) is 0 Å². The SMILES string of the molecule is C[C@H]1CN(C(=S)Nc2cccc(Cl)c2)C[C@H](C)O1. The molecule has 18 heavy (non-hydrogen) atoms. The lowest BCUT2D eigenvalue weighted by Crippen LogP contribution is -2.49. The Morgan fingerprint density at radius 2 is 2.06 bits per heavy atom. The number of halogens is 1. The quantitative estimate of drug-likeness (QED) is 0.801. The lowest BCUT2D eigenvalue weighted by Gasteiger charge is -2.36. The van der Waals surface area contributed by atoms with Gasteiger partial charge < -0.3 is 15.0 Å². The third kappa shape index (κ3) is 3.57. The first-order valence-corrected chi connectivity index (χ1v) is 6.80. The van der Waals surface area contributed by atoms with E-state index in [4.69, 9.17) is 28.6 Å². The van der Waals surface area contributed by atoms with Crippen molar-refractivity contribution in [3.05, 3.63) is 29.3 Å². The number of nitrogens with zero attached hydrogens (tertiary/aromatic N) is 1. The molecule has 1 fully saturated rings. The molecule has 1 aliphatic heterocycles. The molecule has 0 amide bonds. The van der Waals surface area contributed by atoms with Crippen LogP contribution < -0.4 is 5.32 Å². The highest BCUT2D eigenvalue weighted by Gasteiger charge is 2.23. The molecule has 0 saturated carbocycles. The second-order valence-electron chi connectivity index (χ2n) is 4.60. The van der Waals surface area contributed by atoms with Crippen LogP contribution >= 0.6 is 23.8 Å². The zero-order valence-electron chi connectivity index (χ0n) is 10.5. The van der Waals surface area contributed by atoms with E-state index in [9.17, 15) is 0 Å². The summed E-state index contributed by atoms with van der Waals surface area (Å²) in [4.78, 5) is 2.13. The van der Waals surface area contributed by atoms with Gasteiger partial charge in [-0.1, -0.05) is 17.7 Å². The molecule has 2 atom stereocenters. The zero-order chi connectivity index (χ0) is 13.1. The minimum Gasteiger partial charge on any atom is -0.372 e. The minimum absolute atomic E-state index is 0.202. The average molecular weight is 285 g/mol. The topological polar surface area (TPSA) is 24.5 Å². The molecule has 0 radical (unpaired) electrons. The first-order valence-electron chi connectivity index (χ1n) is 6.01. The number of nitrogens with one attached hydrogen (secondary N) is 1. The fraction of sp³-hybridized carbons (Fsp3) is 0.462. The molecule has 2 rings (SSSR count). The van der Waals surface area contributed by atoms with E-state index in [0.29, 0.717) is 5.02 Å². The smallest absolute Gasteiger partial charge is 0.173 e. The summed E-state index contributed by atoms with van der Waals surface area (Å²) < 4.78 is 5.69. The third-order valence-corrected chi connectivity index (χ3v) is 3.38. The molecule has 5 heteroatoms. The largest absolute Gasteiger partial charge is 0.372 e. The highest BCUT2D eigenvalue weighted by atomic mass is 35.5. The highest BCUT2D eigenvalue weighted by Crippen LogP contribution is 2.17. The molecule has 0 aromatic heterocycles. The van der Waals surface area contributed by atoms with Gasteiger partial charge in [0, 0.05) is 23.8 Å². The number of thiocarbonyl (C=S) groups is 1. The Kier molecular flexibility index (Phi) is 4.43. The fourth-order valence-electron chi connectivity index (χ4n) is 2.11. The van der Waals surface area contributed by atoms with E-state index in [2.05, 4.69) is 24.1 Å². The van der Waals surface area contributed by atoms with Crippen molar-refractivity contribution in [1.82, 2.24) is 4.90 Å². The summed E-state index contributed by atoms with van der Waals surface area (Å²) in [7, 11) is 0. The minimum atomic E-state index is 0.202. The predicted molar refractivity (Wildman–Crippen MR) is 79.3 cm³/mol. The van der Waals surface area contributed by atoms with Crippen molar-refractivity contribution in [3.8, 4) is 0 Å². The van der Waals surface area contributed by atoms with Crippen LogP contribution in [0, 0.1) is 0 Å². The lowest BCUT2D eigenvalue weighted by molar-refractivity contribution is -0.0473. The van der Waals surface area contributed by atoms with Gasteiger partial charge in [0.05, 0.1) is 12.2 Å². The first kappa shape index (κ1) is 13.6. The Morgan fingerprint density at radius 3 is 2.67 bits per heavy atom. The maximum atomic E-state index is 5.94. The van der Waals surface area contributed by atoms with Gasteiger partial charge in [-0.05, 0) is 44.3 Å². The number of rotatable bonds is 1. The fourth-order valence-corrected chi connectivity index (χ4v) is 2.57. The van der Waals surface area contributed by atoms with Crippen LogP contribution in [0.4, 0.5) is 5.69 Å². The molecule has 0 spiro atoms. The summed E-state index contributed by atoms with van der Waals surface area (Å²) in [6, 6.07) is 7.55. The van der Waals surface area contributed by atoms with Crippen LogP contribution in [0.2, 0.25) is 5.02 Å². The number of morpholine rings is 1. The molecule has 1 aliphatic rings. The van der Waals surface area contributed by atoms with E-state index < -0.39 is 0 Å². The summed E-state index contributed by atoms with van der Waals surface area (Å²) in [5, 5.41) is 4.63. The molecule has 0 bridgehead atoms. The monoisotopic (exact) mass is 284 g/mol. The van der Waals surface area contributed by atoms with Crippen LogP contribution in [0.5, 0.6) is 0 Å². The molecule has 1 aromatic carbocycles. The van der Waals surface area contributed by atoms with Gasteiger partial charge in [-0.15, -0.1) is 0 Å². The van der Waals surface area contributed by atoms with Gasteiger partial charge in [0.25, 0.3) is 0 Å². The number of hydrogen-bond donors (Lipinski definition) is 1. The Morgan fingerprint density at radius 1 is 1.39 bits per heavy atom. The van der Waals surface area contributed by atoms with Crippen LogP contribution in [-0.2, 0) is 4.74 Å². The molecule has 3 nitrogen and oxygen atoms in total.